The van der Waals surface area contributed by atoms with E-state index < -0.39 is 0 Å². The number of nitrogens with zero attached hydrogens (tertiary/aromatic N) is 1. The Morgan fingerprint density at radius 2 is 1.86 bits per heavy atom. The summed E-state index contributed by atoms with van der Waals surface area (Å²) >= 11 is 3.16. The average Bonchev–Trinajstić information content (AvgIpc) is 2.26. The molecular formula is C10H11NOS2. The number of pyridine rings is 1. The predicted octanol–water partition coefficient (Wildman–Crippen LogP) is 2.83. The number of carbonyl (C=O) groups excluding carboxylic acids is 1. The number of aromatic nitrogens is 1. The highest BCUT2D eigenvalue weighted by Crippen LogP contribution is 2.23. The number of carbonyl (C=O) groups is 1. The van der Waals surface area contributed by atoms with Crippen LogP contribution in [-0.4, -0.2) is 23.3 Å². The van der Waals surface area contributed by atoms with Crippen LogP contribution >= 0.6 is 23.5 Å². The topological polar surface area (TPSA) is 30.0 Å². The average molecular weight is 225 g/mol. The lowest BCUT2D eigenvalue weighted by molar-refractivity contribution is 0.104. The Balaban J connectivity index is 2.82. The smallest absolute Gasteiger partial charge is 0.187 e. The molecule has 0 atom stereocenters. The number of thioether (sulfide) groups is 2. The minimum absolute atomic E-state index is 0.0334. The second-order valence-electron chi connectivity index (χ2n) is 2.47. The SMILES string of the molecule is CSC(=CC(=O)c1ccncc1)SC. The molecule has 1 rings (SSSR count). The van der Waals surface area contributed by atoms with E-state index in [0.717, 1.165) is 4.24 Å². The fraction of sp³-hybridized carbons (Fsp3) is 0.200. The van der Waals surface area contributed by atoms with E-state index in [4.69, 9.17) is 0 Å². The number of rotatable bonds is 4. The minimum Gasteiger partial charge on any atom is -0.289 e. The first kappa shape index (κ1) is 11.3. The van der Waals surface area contributed by atoms with Crippen LogP contribution in [0.4, 0.5) is 0 Å². The minimum atomic E-state index is 0.0334. The zero-order valence-electron chi connectivity index (χ0n) is 8.06. The standard InChI is InChI=1S/C10H11NOS2/c1-13-10(14-2)7-9(12)8-3-5-11-6-4-8/h3-7H,1-2H3. The van der Waals surface area contributed by atoms with Crippen LogP contribution in [0.1, 0.15) is 10.4 Å². The third-order valence-corrected chi connectivity index (χ3v) is 3.66. The lowest BCUT2D eigenvalue weighted by Crippen LogP contribution is -1.94. The van der Waals surface area contributed by atoms with E-state index in [2.05, 4.69) is 4.98 Å². The first-order chi connectivity index (χ1) is 6.77. The van der Waals surface area contributed by atoms with Gasteiger partial charge < -0.3 is 0 Å². The van der Waals surface area contributed by atoms with Crippen molar-refractivity contribution in [2.24, 2.45) is 0 Å². The van der Waals surface area contributed by atoms with Crippen molar-refractivity contribution >= 4 is 29.3 Å². The zero-order valence-corrected chi connectivity index (χ0v) is 9.69. The van der Waals surface area contributed by atoms with Crippen LogP contribution in [0.25, 0.3) is 0 Å². The molecule has 0 unspecified atom stereocenters. The number of hydrogen-bond acceptors (Lipinski definition) is 4. The van der Waals surface area contributed by atoms with Crippen molar-refractivity contribution in [3.05, 3.63) is 40.4 Å². The van der Waals surface area contributed by atoms with Crippen molar-refractivity contribution in [2.75, 3.05) is 12.5 Å². The number of allylic oxidation sites excluding steroid dienone is 1. The third kappa shape index (κ3) is 3.20. The molecule has 0 fully saturated rings. The van der Waals surface area contributed by atoms with Crippen LogP contribution < -0.4 is 0 Å². The van der Waals surface area contributed by atoms with E-state index in [-0.39, 0.29) is 5.78 Å². The van der Waals surface area contributed by atoms with Gasteiger partial charge in [-0.2, -0.15) is 0 Å². The molecule has 0 amide bonds. The lowest BCUT2D eigenvalue weighted by Gasteiger charge is -1.98. The number of ketones is 1. The molecule has 0 spiro atoms. The summed E-state index contributed by atoms with van der Waals surface area (Å²) in [6, 6.07) is 3.44. The maximum Gasteiger partial charge on any atom is 0.187 e. The molecule has 1 heterocycles. The van der Waals surface area contributed by atoms with Crippen molar-refractivity contribution < 1.29 is 4.79 Å². The highest BCUT2D eigenvalue weighted by Gasteiger charge is 2.02. The van der Waals surface area contributed by atoms with Gasteiger partial charge in [-0.3, -0.25) is 9.78 Å². The van der Waals surface area contributed by atoms with Crippen LogP contribution in [0.5, 0.6) is 0 Å². The van der Waals surface area contributed by atoms with Gasteiger partial charge in [0.25, 0.3) is 0 Å². The van der Waals surface area contributed by atoms with Gasteiger partial charge in [-0.15, -0.1) is 23.5 Å². The first-order valence-corrected chi connectivity index (χ1v) is 6.47. The van der Waals surface area contributed by atoms with Gasteiger partial charge in [0.05, 0.1) is 0 Å². The van der Waals surface area contributed by atoms with Gasteiger partial charge in [0, 0.05) is 28.3 Å². The van der Waals surface area contributed by atoms with Gasteiger partial charge >= 0.3 is 0 Å². The van der Waals surface area contributed by atoms with Crippen molar-refractivity contribution in [2.45, 2.75) is 0 Å². The summed E-state index contributed by atoms with van der Waals surface area (Å²) in [6.07, 6.45) is 8.83. The first-order valence-electron chi connectivity index (χ1n) is 4.02. The highest BCUT2D eigenvalue weighted by molar-refractivity contribution is 8.21. The van der Waals surface area contributed by atoms with Gasteiger partial charge in [0.1, 0.15) is 0 Å². The maximum atomic E-state index is 11.6. The van der Waals surface area contributed by atoms with E-state index in [0.29, 0.717) is 5.56 Å². The lowest BCUT2D eigenvalue weighted by atomic mass is 10.2. The van der Waals surface area contributed by atoms with Gasteiger partial charge in [-0.1, -0.05) is 0 Å². The molecular weight excluding hydrogens is 214 g/mol. The second kappa shape index (κ2) is 5.88. The van der Waals surface area contributed by atoms with Crippen molar-refractivity contribution in [3.63, 3.8) is 0 Å². The molecule has 0 N–H and O–H groups in total. The molecule has 0 aliphatic rings. The molecule has 0 aliphatic carbocycles. The normalized spacial score (nSPS) is 9.57. The van der Waals surface area contributed by atoms with Gasteiger partial charge in [0.15, 0.2) is 5.78 Å². The van der Waals surface area contributed by atoms with Crippen LogP contribution in [0.15, 0.2) is 34.8 Å². The van der Waals surface area contributed by atoms with Crippen molar-refractivity contribution in [1.82, 2.24) is 4.98 Å². The maximum absolute atomic E-state index is 11.6. The molecule has 0 bridgehead atoms. The Morgan fingerprint density at radius 1 is 1.29 bits per heavy atom. The Kier molecular flexibility index (Phi) is 4.76. The summed E-state index contributed by atoms with van der Waals surface area (Å²) in [6.45, 7) is 0. The van der Waals surface area contributed by atoms with Crippen LogP contribution in [0, 0.1) is 0 Å². The monoisotopic (exact) mass is 225 g/mol. The molecule has 0 aromatic carbocycles. The summed E-state index contributed by atoms with van der Waals surface area (Å²) < 4.78 is 1.02. The summed E-state index contributed by atoms with van der Waals surface area (Å²) in [7, 11) is 0. The summed E-state index contributed by atoms with van der Waals surface area (Å²) in [5, 5.41) is 0. The molecule has 0 radical (unpaired) electrons. The quantitative estimate of drug-likeness (QED) is 0.582. The van der Waals surface area contributed by atoms with Gasteiger partial charge in [-0.25, -0.2) is 0 Å². The Bertz CT molecular complexity index is 329. The van der Waals surface area contributed by atoms with Gasteiger partial charge in [-0.05, 0) is 24.6 Å². The Morgan fingerprint density at radius 3 is 2.36 bits per heavy atom. The van der Waals surface area contributed by atoms with Crippen LogP contribution in [-0.2, 0) is 0 Å². The Hall–Kier alpha value is -0.740. The van der Waals surface area contributed by atoms with Crippen molar-refractivity contribution in [1.29, 1.82) is 0 Å². The highest BCUT2D eigenvalue weighted by atomic mass is 32.2. The van der Waals surface area contributed by atoms with E-state index in [9.17, 15) is 4.79 Å². The molecule has 74 valence electrons. The molecule has 1 aromatic rings. The van der Waals surface area contributed by atoms with E-state index in [1.54, 1.807) is 54.1 Å². The van der Waals surface area contributed by atoms with Crippen molar-refractivity contribution in [3.8, 4) is 0 Å². The fourth-order valence-electron chi connectivity index (χ4n) is 0.908. The summed E-state index contributed by atoms with van der Waals surface area (Å²) in [4.78, 5) is 15.5. The Labute approximate surface area is 92.2 Å². The van der Waals surface area contributed by atoms with E-state index >= 15 is 0 Å². The van der Waals surface area contributed by atoms with Crippen LogP contribution in [0.3, 0.4) is 0 Å². The predicted molar refractivity (Wildman–Crippen MR) is 63.7 cm³/mol. The molecule has 14 heavy (non-hydrogen) atoms. The largest absolute Gasteiger partial charge is 0.289 e. The van der Waals surface area contributed by atoms with E-state index in [1.165, 1.54) is 0 Å². The zero-order chi connectivity index (χ0) is 10.4. The second-order valence-corrected chi connectivity index (χ2v) is 4.43. The van der Waals surface area contributed by atoms with E-state index in [1.807, 2.05) is 12.5 Å². The molecule has 0 saturated heterocycles. The molecule has 0 saturated carbocycles. The molecule has 4 heteroatoms. The summed E-state index contributed by atoms with van der Waals surface area (Å²) in [5.74, 6) is 0.0334. The third-order valence-electron chi connectivity index (χ3n) is 1.62. The number of hydrogen-bond donors (Lipinski definition) is 0. The van der Waals surface area contributed by atoms with Gasteiger partial charge in [0.2, 0.25) is 0 Å². The molecule has 2 nitrogen and oxygen atoms in total. The summed E-state index contributed by atoms with van der Waals surface area (Å²) in [5.41, 5.74) is 0.681. The fourth-order valence-corrected chi connectivity index (χ4v) is 2.02. The van der Waals surface area contributed by atoms with Crippen LogP contribution in [0.2, 0.25) is 0 Å². The molecule has 0 aliphatic heterocycles. The molecule has 1 aromatic heterocycles.